The summed E-state index contributed by atoms with van der Waals surface area (Å²) in [4.78, 5) is -0.0271. The minimum Gasteiger partial charge on any atom is -0.280 e. The zero-order valence-electron chi connectivity index (χ0n) is 11.2. The first-order chi connectivity index (χ1) is 10.2. The maximum Gasteiger partial charge on any atom is 0.261 e. The molecule has 3 N–H and O–H groups in total. The topological polar surface area (TPSA) is 106 Å². The number of sulfonamides is 2. The van der Waals surface area contributed by atoms with Crippen LogP contribution in [0.4, 0.5) is 5.69 Å². The van der Waals surface area contributed by atoms with Gasteiger partial charge in [0.25, 0.3) is 10.0 Å². The van der Waals surface area contributed by atoms with Crippen LogP contribution in [-0.2, 0) is 25.9 Å². The van der Waals surface area contributed by atoms with E-state index >= 15 is 0 Å². The van der Waals surface area contributed by atoms with Crippen molar-refractivity contribution in [3.8, 4) is 0 Å². The number of anilines is 1. The van der Waals surface area contributed by atoms with Crippen molar-refractivity contribution in [2.24, 2.45) is 5.14 Å². The molecule has 2 aromatic carbocycles. The number of halogens is 1. The Hall–Kier alpha value is -1.61. The molecule has 118 valence electrons. The molecule has 0 saturated carbocycles. The van der Waals surface area contributed by atoms with E-state index in [1.807, 2.05) is 0 Å². The fraction of sp³-hybridized carbons (Fsp3) is 0.0769. The number of rotatable bonds is 5. The van der Waals surface area contributed by atoms with Gasteiger partial charge in [-0.05, 0) is 42.0 Å². The molecule has 0 aliphatic rings. The van der Waals surface area contributed by atoms with E-state index in [1.165, 1.54) is 36.4 Å². The quantitative estimate of drug-likeness (QED) is 0.794. The van der Waals surface area contributed by atoms with E-state index in [0.29, 0.717) is 5.56 Å². The van der Waals surface area contributed by atoms with Crippen LogP contribution in [0.3, 0.4) is 0 Å². The fourth-order valence-electron chi connectivity index (χ4n) is 1.72. The SMILES string of the molecule is NS(=O)(=O)c1ccc(NS(=O)(=O)c2cccc(CCl)c2)cc1. The van der Waals surface area contributed by atoms with E-state index in [9.17, 15) is 16.8 Å². The molecule has 0 fully saturated rings. The van der Waals surface area contributed by atoms with E-state index in [-0.39, 0.29) is 21.4 Å². The number of hydrogen-bond donors (Lipinski definition) is 2. The molecule has 0 aliphatic carbocycles. The Kier molecular flexibility index (Phi) is 4.76. The Balaban J connectivity index is 2.28. The van der Waals surface area contributed by atoms with Gasteiger partial charge in [-0.2, -0.15) is 0 Å². The van der Waals surface area contributed by atoms with Gasteiger partial charge in [-0.15, -0.1) is 11.6 Å². The molecule has 0 amide bonds. The second kappa shape index (κ2) is 6.25. The highest BCUT2D eigenvalue weighted by Gasteiger charge is 2.15. The number of benzene rings is 2. The molecule has 2 rings (SSSR count). The minimum absolute atomic E-state index is 0.0705. The van der Waals surface area contributed by atoms with Crippen LogP contribution in [0, 0.1) is 0 Å². The van der Waals surface area contributed by atoms with Crippen LogP contribution in [0.15, 0.2) is 58.3 Å². The molecule has 0 unspecified atom stereocenters. The van der Waals surface area contributed by atoms with Crippen molar-refractivity contribution in [1.29, 1.82) is 0 Å². The molecule has 0 radical (unpaired) electrons. The predicted molar refractivity (Wildman–Crippen MR) is 84.6 cm³/mol. The van der Waals surface area contributed by atoms with Crippen LogP contribution in [0.25, 0.3) is 0 Å². The highest BCUT2D eigenvalue weighted by molar-refractivity contribution is 7.92. The number of alkyl halides is 1. The van der Waals surface area contributed by atoms with Crippen LogP contribution in [0.2, 0.25) is 0 Å². The lowest BCUT2D eigenvalue weighted by atomic mass is 10.2. The van der Waals surface area contributed by atoms with Gasteiger partial charge < -0.3 is 0 Å². The Bertz CT molecular complexity index is 879. The predicted octanol–water partition coefficient (Wildman–Crippen LogP) is 1.87. The van der Waals surface area contributed by atoms with Crippen LogP contribution in [0.1, 0.15) is 5.56 Å². The molecule has 0 aromatic heterocycles. The van der Waals surface area contributed by atoms with E-state index in [2.05, 4.69) is 4.72 Å². The third-order valence-electron chi connectivity index (χ3n) is 2.80. The molecule has 9 heteroatoms. The van der Waals surface area contributed by atoms with Gasteiger partial charge in [0.1, 0.15) is 0 Å². The maximum atomic E-state index is 12.3. The monoisotopic (exact) mass is 360 g/mol. The summed E-state index contributed by atoms with van der Waals surface area (Å²) in [6, 6.07) is 11.3. The van der Waals surface area contributed by atoms with Crippen LogP contribution < -0.4 is 9.86 Å². The summed E-state index contributed by atoms with van der Waals surface area (Å²) in [7, 11) is -7.60. The van der Waals surface area contributed by atoms with Gasteiger partial charge in [0, 0.05) is 11.6 Å². The van der Waals surface area contributed by atoms with Crippen molar-refractivity contribution in [2.75, 3.05) is 4.72 Å². The summed E-state index contributed by atoms with van der Waals surface area (Å²) in [5, 5.41) is 4.98. The molecule has 6 nitrogen and oxygen atoms in total. The Morgan fingerprint density at radius 1 is 0.955 bits per heavy atom. The third-order valence-corrected chi connectivity index (χ3v) is 5.41. The summed E-state index contributed by atoms with van der Waals surface area (Å²) >= 11 is 5.69. The summed E-state index contributed by atoms with van der Waals surface area (Å²) in [5.74, 6) is 0.201. The van der Waals surface area contributed by atoms with Gasteiger partial charge in [0.2, 0.25) is 10.0 Å². The van der Waals surface area contributed by atoms with Gasteiger partial charge in [0.15, 0.2) is 0 Å². The summed E-state index contributed by atoms with van der Waals surface area (Å²) in [5.41, 5.74) is 0.901. The average Bonchev–Trinajstić information content (AvgIpc) is 2.46. The molecule has 0 heterocycles. The second-order valence-corrected chi connectivity index (χ2v) is 7.97. The van der Waals surface area contributed by atoms with Crippen molar-refractivity contribution in [3.05, 3.63) is 54.1 Å². The van der Waals surface area contributed by atoms with Crippen LogP contribution in [-0.4, -0.2) is 16.8 Å². The molecular formula is C13H13ClN2O4S2. The number of primary sulfonamides is 1. The Morgan fingerprint density at radius 3 is 2.14 bits per heavy atom. The molecule has 0 spiro atoms. The standard InChI is InChI=1S/C13H13ClN2O4S2/c14-9-10-2-1-3-13(8-10)22(19,20)16-11-4-6-12(7-5-11)21(15,17)18/h1-8,16H,9H2,(H2,15,17,18). The van der Waals surface area contributed by atoms with Crippen LogP contribution in [0.5, 0.6) is 0 Å². The van der Waals surface area contributed by atoms with Crippen molar-refractivity contribution < 1.29 is 16.8 Å². The summed E-state index contributed by atoms with van der Waals surface area (Å²) in [6.07, 6.45) is 0. The minimum atomic E-state index is -3.82. The van der Waals surface area contributed by atoms with Gasteiger partial charge in [-0.3, -0.25) is 4.72 Å². The van der Waals surface area contributed by atoms with E-state index in [4.69, 9.17) is 16.7 Å². The Morgan fingerprint density at radius 2 is 1.59 bits per heavy atom. The molecule has 0 atom stereocenters. The van der Waals surface area contributed by atoms with Gasteiger partial charge in [-0.25, -0.2) is 22.0 Å². The normalized spacial score (nSPS) is 12.1. The molecular weight excluding hydrogens is 348 g/mol. The number of nitrogens with two attached hydrogens (primary N) is 1. The largest absolute Gasteiger partial charge is 0.280 e. The molecule has 0 saturated heterocycles. The lowest BCUT2D eigenvalue weighted by Gasteiger charge is -2.09. The zero-order chi connectivity index (χ0) is 16.4. The molecule has 0 aliphatic heterocycles. The lowest BCUT2D eigenvalue weighted by Crippen LogP contribution is -2.14. The third kappa shape index (κ3) is 3.98. The average molecular weight is 361 g/mol. The number of hydrogen-bond acceptors (Lipinski definition) is 4. The maximum absolute atomic E-state index is 12.3. The van der Waals surface area contributed by atoms with Crippen LogP contribution >= 0.6 is 11.6 Å². The van der Waals surface area contributed by atoms with Crippen molar-refractivity contribution >= 4 is 37.3 Å². The summed E-state index contributed by atoms with van der Waals surface area (Å²) in [6.45, 7) is 0. The Labute approximate surface area is 134 Å². The molecule has 22 heavy (non-hydrogen) atoms. The second-order valence-electron chi connectivity index (χ2n) is 4.46. The lowest BCUT2D eigenvalue weighted by molar-refractivity contribution is 0.597. The van der Waals surface area contributed by atoms with Gasteiger partial charge in [-0.1, -0.05) is 12.1 Å². The molecule has 2 aromatic rings. The van der Waals surface area contributed by atoms with Gasteiger partial charge in [0.05, 0.1) is 9.79 Å². The molecule has 0 bridgehead atoms. The zero-order valence-corrected chi connectivity index (χ0v) is 13.6. The van der Waals surface area contributed by atoms with E-state index in [0.717, 1.165) is 0 Å². The first-order valence-corrected chi connectivity index (χ1v) is 9.59. The van der Waals surface area contributed by atoms with E-state index in [1.54, 1.807) is 12.1 Å². The summed E-state index contributed by atoms with van der Waals surface area (Å²) < 4.78 is 49.2. The number of nitrogens with one attached hydrogen (secondary N) is 1. The smallest absolute Gasteiger partial charge is 0.261 e. The fourth-order valence-corrected chi connectivity index (χ4v) is 3.53. The highest BCUT2D eigenvalue weighted by Crippen LogP contribution is 2.19. The van der Waals surface area contributed by atoms with Gasteiger partial charge >= 0.3 is 0 Å². The van der Waals surface area contributed by atoms with Crippen molar-refractivity contribution in [3.63, 3.8) is 0 Å². The highest BCUT2D eigenvalue weighted by atomic mass is 35.5. The first-order valence-electron chi connectivity index (χ1n) is 6.03. The van der Waals surface area contributed by atoms with Crippen molar-refractivity contribution in [2.45, 2.75) is 15.7 Å². The first kappa shape index (κ1) is 16.8. The van der Waals surface area contributed by atoms with E-state index < -0.39 is 20.0 Å². The van der Waals surface area contributed by atoms with Crippen molar-refractivity contribution in [1.82, 2.24) is 0 Å².